The van der Waals surface area contributed by atoms with Crippen LogP contribution in [-0.4, -0.2) is 47.4 Å². The van der Waals surface area contributed by atoms with Crippen LogP contribution in [0.5, 0.6) is 0 Å². The quantitative estimate of drug-likeness (QED) is 0.0896. The minimum Gasteiger partial charge on any atom is -0.399 e. The summed E-state index contributed by atoms with van der Waals surface area (Å²) in [5.74, 6) is 2.03. The van der Waals surface area contributed by atoms with Crippen molar-refractivity contribution in [2.75, 3.05) is 0 Å². The lowest BCUT2D eigenvalue weighted by molar-refractivity contribution is 0.00578. The van der Waals surface area contributed by atoms with Crippen molar-refractivity contribution in [1.82, 2.24) is 29.1 Å². The monoisotopic (exact) mass is 1640 g/mol. The van der Waals surface area contributed by atoms with E-state index in [2.05, 4.69) is 449 Å². The van der Waals surface area contributed by atoms with Gasteiger partial charge in [0.1, 0.15) is 11.6 Å². The summed E-state index contributed by atoms with van der Waals surface area (Å²) in [6, 6.07) is 140. The van der Waals surface area contributed by atoms with Gasteiger partial charge in [-0.25, -0.2) is 19.9 Å². The average molecular weight is 1640 g/mol. The van der Waals surface area contributed by atoms with E-state index >= 15 is 0 Å². The molecule has 0 atom stereocenters. The van der Waals surface area contributed by atoms with Crippen LogP contribution in [0.3, 0.4) is 0 Å². The zero-order valence-corrected chi connectivity index (χ0v) is 70.4. The first kappa shape index (κ1) is 75.7. The van der Waals surface area contributed by atoms with E-state index in [1.807, 2.05) is 6.07 Å². The van der Waals surface area contributed by atoms with Gasteiger partial charge in [0.05, 0.1) is 66.5 Å². The summed E-state index contributed by atoms with van der Waals surface area (Å²) >= 11 is 3.46. The zero-order chi connectivity index (χ0) is 82.4. The van der Waals surface area contributed by atoms with Crippen molar-refractivity contribution in [2.24, 2.45) is 0 Å². The van der Waals surface area contributed by atoms with E-state index in [0.717, 1.165) is 123 Å². The molecule has 20 aromatic rings. The molecule has 1 fully saturated rings. The topological polar surface area (TPSA) is 79.9 Å². The van der Waals surface area contributed by atoms with E-state index < -0.39 is 29.2 Å². The van der Waals surface area contributed by atoms with Crippen molar-refractivity contribution in [3.8, 4) is 78.7 Å². The predicted octanol–water partition coefficient (Wildman–Crippen LogP) is 27.3. The molecule has 10 heteroatoms. The number of hydrogen-bond donors (Lipinski definition) is 0. The summed E-state index contributed by atoms with van der Waals surface area (Å²) in [5, 5.41) is 7.08. The molecular weight excluding hydrogens is 1550 g/mol. The Morgan fingerprint density at radius 2 is 0.656 bits per heavy atom. The molecule has 4 aromatic heterocycles. The first-order valence-electron chi connectivity index (χ1n) is 42.3. The maximum absolute atomic E-state index is 6.46. The largest absolute Gasteiger partial charge is 0.494 e. The highest BCUT2D eigenvalue weighted by molar-refractivity contribution is 9.10. The van der Waals surface area contributed by atoms with Crippen molar-refractivity contribution in [3.05, 3.63) is 437 Å². The maximum atomic E-state index is 6.46. The number of rotatable bonds is 12. The molecule has 122 heavy (non-hydrogen) atoms. The minimum atomic E-state index is -0.472. The zero-order valence-electron chi connectivity index (χ0n) is 68.8. The lowest BCUT2D eigenvalue weighted by Gasteiger charge is -2.34. The second kappa shape index (κ2) is 30.5. The van der Waals surface area contributed by atoms with Gasteiger partial charge in [-0.15, -0.1) is 0 Å². The molecule has 0 unspecified atom stereocenters. The van der Waals surface area contributed by atoms with Crippen LogP contribution < -0.4 is 5.46 Å². The molecule has 0 N–H and O–H groups in total. The Morgan fingerprint density at radius 1 is 0.295 bits per heavy atom. The third-order valence-electron chi connectivity index (χ3n) is 25.9. The lowest BCUT2D eigenvalue weighted by Crippen LogP contribution is -2.41. The molecule has 0 spiro atoms. The highest BCUT2D eigenvalue weighted by Gasteiger charge is 2.53. The summed E-state index contributed by atoms with van der Waals surface area (Å²) in [6.45, 7) is 14.5. The van der Waals surface area contributed by atoms with Crippen molar-refractivity contribution in [3.63, 3.8) is 0 Å². The summed E-state index contributed by atoms with van der Waals surface area (Å²) in [5.41, 5.74) is 29.6. The number of halogens is 1. The molecule has 2 aliphatic carbocycles. The fourth-order valence-corrected chi connectivity index (χ4v) is 20.0. The molecule has 5 heterocycles. The molecule has 1 aliphatic heterocycles. The van der Waals surface area contributed by atoms with Gasteiger partial charge < -0.3 is 18.4 Å². The fourth-order valence-electron chi connectivity index (χ4n) is 19.7. The molecular formula is C112H86BBrN6O2. The Bertz CT molecular complexity index is 7340. The van der Waals surface area contributed by atoms with E-state index in [4.69, 9.17) is 29.2 Å². The highest BCUT2D eigenvalue weighted by atomic mass is 79.9. The second-order valence-corrected chi connectivity index (χ2v) is 34.0. The number of hydrogen-bond acceptors (Lipinski definition) is 6. The van der Waals surface area contributed by atoms with Gasteiger partial charge in [0.15, 0.2) is 0 Å². The molecule has 0 amide bonds. The third-order valence-corrected chi connectivity index (χ3v) is 26.4. The second-order valence-electron chi connectivity index (χ2n) is 33.0. The lowest BCUT2D eigenvalue weighted by atomic mass is 9.67. The van der Waals surface area contributed by atoms with Crippen LogP contribution in [0.1, 0.15) is 86.1 Å². The number of para-hydroxylation sites is 6. The van der Waals surface area contributed by atoms with Gasteiger partial charge in [-0.1, -0.05) is 350 Å². The molecule has 0 radical (unpaired) electrons. The van der Waals surface area contributed by atoms with Gasteiger partial charge in [-0.3, -0.25) is 0 Å². The van der Waals surface area contributed by atoms with E-state index in [1.165, 1.54) is 88.4 Å². The van der Waals surface area contributed by atoms with Crippen LogP contribution in [0.25, 0.3) is 144 Å². The number of pyridine rings is 2. The Hall–Kier alpha value is -13.7. The van der Waals surface area contributed by atoms with E-state index in [1.54, 1.807) is 0 Å². The Kier molecular flexibility index (Phi) is 18.9. The standard InChI is InChI=1S/C53H37N3.C44H36BNO2.C15H13BrN2/c1-2-56-48-27-14-13-26-47(48)55-52(56)36-30-28-35(29-31-36)37-16-15-17-38(34-37)51-43-32-33-45-50(49(43)42-23-10-12-25-46(42)54-51)41-22-9-11-24-44(41)53(45,39-18-5-3-6-19-39)40-20-7-4-8-21-40;1-42(2)43(3,4)48-45(47-42)32-21-15-16-29(28-32)41-35-26-27-37-40(39(35)34-23-12-14-25-38(34)46-41)33-22-11-13-24-36(33)44(37,30-17-7-5-8-18-30)31-19-9-6-10-20-31;1-2-18-14-6-4-3-5-13(14)17-15(18)11-7-9-12(16)10-8-11/h3-34H,2H2,1H3;5-28H,1-4H3;3-10H,2H2,1H3. The van der Waals surface area contributed by atoms with Gasteiger partial charge in [-0.2, -0.15) is 0 Å². The number of aromatic nitrogens is 6. The Balaban J connectivity index is 0.000000126. The molecule has 0 saturated carbocycles. The van der Waals surface area contributed by atoms with E-state index in [-0.39, 0.29) is 0 Å². The predicted molar refractivity (Wildman–Crippen MR) is 508 cm³/mol. The van der Waals surface area contributed by atoms with Gasteiger partial charge >= 0.3 is 7.12 Å². The van der Waals surface area contributed by atoms with E-state index in [0.29, 0.717) is 0 Å². The summed E-state index contributed by atoms with van der Waals surface area (Å²) < 4.78 is 18.6. The first-order valence-corrected chi connectivity index (χ1v) is 43.1. The van der Waals surface area contributed by atoms with Crippen molar-refractivity contribution in [2.45, 2.75) is 76.7 Å². The highest BCUT2D eigenvalue weighted by Crippen LogP contribution is 2.61. The number of nitrogens with zero attached hydrogens (tertiary/aromatic N) is 6. The van der Waals surface area contributed by atoms with Crippen molar-refractivity contribution < 1.29 is 9.31 Å². The summed E-state index contributed by atoms with van der Waals surface area (Å²) in [7, 11) is -0.449. The number of imidazole rings is 2. The van der Waals surface area contributed by atoms with Gasteiger partial charge in [0, 0.05) is 72.1 Å². The van der Waals surface area contributed by atoms with Crippen LogP contribution in [0, 0.1) is 0 Å². The maximum Gasteiger partial charge on any atom is 0.494 e. The van der Waals surface area contributed by atoms with Crippen LogP contribution in [0.2, 0.25) is 0 Å². The van der Waals surface area contributed by atoms with Gasteiger partial charge in [-0.05, 0) is 179 Å². The third kappa shape index (κ3) is 12.3. The Morgan fingerprint density at radius 3 is 1.10 bits per heavy atom. The summed E-state index contributed by atoms with van der Waals surface area (Å²) in [6.07, 6.45) is 0. The van der Waals surface area contributed by atoms with Crippen LogP contribution in [-0.2, 0) is 33.2 Å². The SMILES string of the molecule is CC1(C)OB(c2cccc(-c3nc4ccccc4c4c5c(ccc34)C(c3ccccc3)(c3ccccc3)c3ccccc3-5)c2)OC1(C)C.CCn1c(-c2ccc(-c3cccc(-c4nc5ccccc5c5c6c(ccc45)C(c4ccccc4)(c4ccccc4)c4ccccc4-6)c3)cc2)nc2ccccc21.CCn1c(-c2ccc(Br)cc2)nc2ccccc21. The first-order chi connectivity index (χ1) is 59.8. The molecule has 1 saturated heterocycles. The molecule has 23 rings (SSSR count). The van der Waals surface area contributed by atoms with Crippen LogP contribution >= 0.6 is 15.9 Å². The van der Waals surface area contributed by atoms with Crippen molar-refractivity contribution >= 4 is 93.9 Å². The van der Waals surface area contributed by atoms with Crippen LogP contribution in [0.15, 0.2) is 393 Å². The number of aryl methyl sites for hydroxylation is 2. The van der Waals surface area contributed by atoms with Gasteiger partial charge in [0.2, 0.25) is 0 Å². The number of fused-ring (bicyclic) bond motifs is 16. The normalized spacial score (nSPS) is 14.3. The molecule has 16 aromatic carbocycles. The van der Waals surface area contributed by atoms with E-state index in [9.17, 15) is 0 Å². The van der Waals surface area contributed by atoms with Crippen LogP contribution in [0.4, 0.5) is 0 Å². The molecule has 3 aliphatic rings. The number of benzene rings is 16. The fraction of sp³-hybridized carbons (Fsp3) is 0.107. The van der Waals surface area contributed by atoms with Gasteiger partial charge in [0.25, 0.3) is 0 Å². The van der Waals surface area contributed by atoms with Crippen molar-refractivity contribution in [1.29, 1.82) is 0 Å². The minimum absolute atomic E-state index is 0.417. The molecule has 586 valence electrons. The Labute approximate surface area is 719 Å². The molecule has 0 bridgehead atoms. The molecule has 8 nitrogen and oxygen atoms in total. The smallest absolute Gasteiger partial charge is 0.399 e. The average Bonchev–Trinajstić information content (AvgIpc) is 1.52. The summed E-state index contributed by atoms with van der Waals surface area (Å²) in [4.78, 5) is 20.5.